The molecule has 0 rings (SSSR count). The van der Waals surface area contributed by atoms with E-state index in [1.807, 2.05) is 13.8 Å². The molecular weight excluding hydrogens is 152 g/mol. The van der Waals surface area contributed by atoms with Crippen LogP contribution in [0.5, 0.6) is 0 Å². The van der Waals surface area contributed by atoms with Crippen molar-refractivity contribution < 1.29 is 9.53 Å². The molecule has 0 fully saturated rings. The standard InChI is InChI=1S/C10H20O2/c1-5-7-8-10(3,6-2)9(11)12-4/h5-8H2,1-4H3/t10-/m1/s1. The predicted octanol–water partition coefficient (Wildman–Crippen LogP) is 2.77. The predicted molar refractivity (Wildman–Crippen MR) is 49.9 cm³/mol. The normalized spacial score (nSPS) is 15.3. The zero-order chi connectivity index (χ0) is 9.61. The van der Waals surface area contributed by atoms with E-state index in [1.165, 1.54) is 7.11 Å². The van der Waals surface area contributed by atoms with Crippen LogP contribution in [0, 0.1) is 5.41 Å². The Kier molecular flexibility index (Phi) is 4.95. The van der Waals surface area contributed by atoms with E-state index < -0.39 is 0 Å². The average Bonchev–Trinajstić information content (AvgIpc) is 2.12. The topological polar surface area (TPSA) is 26.3 Å². The van der Waals surface area contributed by atoms with Crippen LogP contribution in [0.2, 0.25) is 0 Å². The fourth-order valence-electron chi connectivity index (χ4n) is 1.24. The Morgan fingerprint density at radius 2 is 2.00 bits per heavy atom. The molecule has 0 unspecified atom stereocenters. The van der Waals surface area contributed by atoms with Crippen molar-refractivity contribution >= 4 is 5.97 Å². The molecule has 0 aliphatic rings. The van der Waals surface area contributed by atoms with Gasteiger partial charge in [0.05, 0.1) is 12.5 Å². The number of carbonyl (C=O) groups is 1. The number of methoxy groups -OCH3 is 1. The van der Waals surface area contributed by atoms with E-state index >= 15 is 0 Å². The minimum Gasteiger partial charge on any atom is -0.469 e. The first kappa shape index (κ1) is 11.5. The maximum Gasteiger partial charge on any atom is 0.311 e. The van der Waals surface area contributed by atoms with E-state index in [1.54, 1.807) is 0 Å². The van der Waals surface area contributed by atoms with Gasteiger partial charge < -0.3 is 4.74 Å². The first-order chi connectivity index (χ1) is 5.60. The monoisotopic (exact) mass is 172 g/mol. The largest absolute Gasteiger partial charge is 0.469 e. The van der Waals surface area contributed by atoms with Crippen molar-refractivity contribution in [1.29, 1.82) is 0 Å². The summed E-state index contributed by atoms with van der Waals surface area (Å²) in [5, 5.41) is 0. The molecule has 12 heavy (non-hydrogen) atoms. The number of unbranched alkanes of at least 4 members (excludes halogenated alkanes) is 1. The molecule has 0 amide bonds. The zero-order valence-electron chi connectivity index (χ0n) is 8.64. The Hall–Kier alpha value is -0.530. The second-order valence-corrected chi connectivity index (χ2v) is 3.51. The maximum atomic E-state index is 11.3. The molecule has 0 aliphatic carbocycles. The summed E-state index contributed by atoms with van der Waals surface area (Å²) in [7, 11) is 1.46. The molecule has 0 spiro atoms. The molecule has 0 radical (unpaired) electrons. The molecule has 0 N–H and O–H groups in total. The van der Waals surface area contributed by atoms with E-state index in [0.717, 1.165) is 25.7 Å². The molecule has 1 atom stereocenters. The van der Waals surface area contributed by atoms with Gasteiger partial charge in [0.25, 0.3) is 0 Å². The number of ether oxygens (including phenoxy) is 1. The van der Waals surface area contributed by atoms with Crippen molar-refractivity contribution in [2.75, 3.05) is 7.11 Å². The minimum atomic E-state index is -0.259. The van der Waals surface area contributed by atoms with E-state index in [9.17, 15) is 4.79 Å². The summed E-state index contributed by atoms with van der Waals surface area (Å²) in [6, 6.07) is 0. The van der Waals surface area contributed by atoms with Crippen LogP contribution >= 0.6 is 0 Å². The van der Waals surface area contributed by atoms with Crippen LogP contribution in [0.1, 0.15) is 46.5 Å². The summed E-state index contributed by atoms with van der Waals surface area (Å²) >= 11 is 0. The van der Waals surface area contributed by atoms with Crippen molar-refractivity contribution in [1.82, 2.24) is 0 Å². The van der Waals surface area contributed by atoms with Gasteiger partial charge in [0.1, 0.15) is 0 Å². The lowest BCUT2D eigenvalue weighted by molar-refractivity contribution is -0.152. The van der Waals surface area contributed by atoms with Gasteiger partial charge in [-0.1, -0.05) is 26.7 Å². The van der Waals surface area contributed by atoms with Gasteiger partial charge in [-0.3, -0.25) is 4.79 Å². The van der Waals surface area contributed by atoms with E-state index in [-0.39, 0.29) is 11.4 Å². The highest BCUT2D eigenvalue weighted by atomic mass is 16.5. The van der Waals surface area contributed by atoms with Crippen LogP contribution in [0.3, 0.4) is 0 Å². The molecule has 0 saturated heterocycles. The van der Waals surface area contributed by atoms with Gasteiger partial charge >= 0.3 is 5.97 Å². The van der Waals surface area contributed by atoms with E-state index in [4.69, 9.17) is 4.74 Å². The van der Waals surface area contributed by atoms with Crippen LogP contribution in [-0.2, 0) is 9.53 Å². The summed E-state index contributed by atoms with van der Waals surface area (Å²) in [6.07, 6.45) is 4.03. The van der Waals surface area contributed by atoms with Gasteiger partial charge in [-0.05, 0) is 19.8 Å². The molecular formula is C10H20O2. The lowest BCUT2D eigenvalue weighted by atomic mass is 9.82. The van der Waals surface area contributed by atoms with Crippen molar-refractivity contribution in [2.24, 2.45) is 5.41 Å². The molecule has 0 aromatic carbocycles. The van der Waals surface area contributed by atoms with Crippen molar-refractivity contribution in [3.8, 4) is 0 Å². The van der Waals surface area contributed by atoms with Crippen LogP contribution in [0.25, 0.3) is 0 Å². The first-order valence-corrected chi connectivity index (χ1v) is 4.69. The Balaban J connectivity index is 4.13. The highest BCUT2D eigenvalue weighted by Crippen LogP contribution is 2.29. The quantitative estimate of drug-likeness (QED) is 0.596. The summed E-state index contributed by atoms with van der Waals surface area (Å²) in [6.45, 7) is 6.15. The third-order valence-corrected chi connectivity index (χ3v) is 2.54. The van der Waals surface area contributed by atoms with Crippen LogP contribution in [-0.4, -0.2) is 13.1 Å². The Morgan fingerprint density at radius 1 is 1.42 bits per heavy atom. The molecule has 0 bridgehead atoms. The van der Waals surface area contributed by atoms with Gasteiger partial charge in [-0.2, -0.15) is 0 Å². The van der Waals surface area contributed by atoms with Gasteiger partial charge in [0.2, 0.25) is 0 Å². The average molecular weight is 172 g/mol. The van der Waals surface area contributed by atoms with Crippen LogP contribution < -0.4 is 0 Å². The fourth-order valence-corrected chi connectivity index (χ4v) is 1.24. The minimum absolute atomic E-state index is 0.0709. The molecule has 2 heteroatoms. The summed E-state index contributed by atoms with van der Waals surface area (Å²) in [5.74, 6) is -0.0709. The first-order valence-electron chi connectivity index (χ1n) is 4.69. The number of esters is 1. The van der Waals surface area contributed by atoms with Crippen LogP contribution in [0.15, 0.2) is 0 Å². The molecule has 0 aliphatic heterocycles. The second kappa shape index (κ2) is 5.18. The van der Waals surface area contributed by atoms with Gasteiger partial charge in [0.15, 0.2) is 0 Å². The van der Waals surface area contributed by atoms with Crippen molar-refractivity contribution in [2.45, 2.75) is 46.5 Å². The third kappa shape index (κ3) is 2.84. The maximum absolute atomic E-state index is 11.3. The summed E-state index contributed by atoms with van der Waals surface area (Å²) < 4.78 is 4.76. The van der Waals surface area contributed by atoms with Crippen molar-refractivity contribution in [3.63, 3.8) is 0 Å². The second-order valence-electron chi connectivity index (χ2n) is 3.51. The number of carbonyl (C=O) groups excluding carboxylic acids is 1. The smallest absolute Gasteiger partial charge is 0.311 e. The zero-order valence-corrected chi connectivity index (χ0v) is 8.64. The Labute approximate surface area is 75.3 Å². The van der Waals surface area contributed by atoms with E-state index in [0.29, 0.717) is 0 Å². The SMILES string of the molecule is CCCC[C@@](C)(CC)C(=O)OC. The molecule has 2 nitrogen and oxygen atoms in total. The van der Waals surface area contributed by atoms with Crippen LogP contribution in [0.4, 0.5) is 0 Å². The Morgan fingerprint density at radius 3 is 2.33 bits per heavy atom. The molecule has 0 saturated carbocycles. The third-order valence-electron chi connectivity index (χ3n) is 2.54. The molecule has 72 valence electrons. The lowest BCUT2D eigenvalue weighted by Crippen LogP contribution is -2.28. The number of hydrogen-bond acceptors (Lipinski definition) is 2. The summed E-state index contributed by atoms with van der Waals surface area (Å²) in [4.78, 5) is 11.3. The molecule has 0 aromatic heterocycles. The lowest BCUT2D eigenvalue weighted by Gasteiger charge is -2.24. The highest BCUT2D eigenvalue weighted by Gasteiger charge is 2.31. The summed E-state index contributed by atoms with van der Waals surface area (Å²) in [5.41, 5.74) is -0.259. The van der Waals surface area contributed by atoms with Crippen molar-refractivity contribution in [3.05, 3.63) is 0 Å². The van der Waals surface area contributed by atoms with Gasteiger partial charge in [-0.25, -0.2) is 0 Å². The van der Waals surface area contributed by atoms with Gasteiger partial charge in [0, 0.05) is 0 Å². The molecule has 0 heterocycles. The fraction of sp³-hybridized carbons (Fsp3) is 0.900. The highest BCUT2D eigenvalue weighted by molar-refractivity contribution is 5.76. The van der Waals surface area contributed by atoms with E-state index in [2.05, 4.69) is 6.92 Å². The molecule has 0 aromatic rings. The Bertz CT molecular complexity index is 143. The number of rotatable bonds is 5. The van der Waals surface area contributed by atoms with Gasteiger partial charge in [-0.15, -0.1) is 0 Å². The number of hydrogen-bond donors (Lipinski definition) is 0.